The molecule has 4 heteroatoms. The second-order valence-electron chi connectivity index (χ2n) is 6.07. The molecule has 0 aliphatic heterocycles. The fourth-order valence-corrected chi connectivity index (χ4v) is 2.14. The molecule has 0 aromatic rings. The minimum absolute atomic E-state index is 0.263. The number of unbranched alkanes of at least 4 members (excludes halogenated alkanes) is 3. The Labute approximate surface area is 157 Å². The molecule has 0 heterocycles. The lowest BCUT2D eigenvalue weighted by molar-refractivity contribution is -0.137. The minimum Gasteiger partial charge on any atom is -0.481 e. The molecule has 0 fully saturated rings. The molecule has 0 radical (unpaired) electrons. The first-order valence-electron chi connectivity index (χ1n) is 9.45. The van der Waals surface area contributed by atoms with Gasteiger partial charge in [0.05, 0.1) is 12.2 Å². The first-order chi connectivity index (χ1) is 12.6. The smallest absolute Gasteiger partial charge is 0.303 e. The normalized spacial score (nSPS) is 15.2. The summed E-state index contributed by atoms with van der Waals surface area (Å²) in [5.74, 6) is -0.719. The molecule has 2 atom stereocenters. The molecule has 0 aromatic carbocycles. The van der Waals surface area contributed by atoms with Gasteiger partial charge in [-0.1, -0.05) is 74.1 Å². The van der Waals surface area contributed by atoms with Crippen molar-refractivity contribution in [3.63, 3.8) is 0 Å². The van der Waals surface area contributed by atoms with E-state index in [1.165, 1.54) is 0 Å². The van der Waals surface area contributed by atoms with Crippen LogP contribution in [-0.2, 0) is 4.79 Å². The highest BCUT2D eigenvalue weighted by molar-refractivity contribution is 5.66. The second kappa shape index (κ2) is 17.9. The molecule has 0 bridgehead atoms. The van der Waals surface area contributed by atoms with Gasteiger partial charge in [0.25, 0.3) is 0 Å². The lowest BCUT2D eigenvalue weighted by Gasteiger charge is -2.11. The zero-order valence-electron chi connectivity index (χ0n) is 15.8. The molecule has 146 valence electrons. The number of hydrogen-bond donors (Lipinski definition) is 3. The van der Waals surface area contributed by atoms with Crippen molar-refractivity contribution in [2.24, 2.45) is 0 Å². The van der Waals surface area contributed by atoms with E-state index in [0.717, 1.165) is 38.5 Å². The van der Waals surface area contributed by atoms with Crippen LogP contribution in [0.4, 0.5) is 0 Å². The second-order valence-corrected chi connectivity index (χ2v) is 6.07. The van der Waals surface area contributed by atoms with Crippen molar-refractivity contribution < 1.29 is 20.1 Å². The third-order valence-electron chi connectivity index (χ3n) is 3.65. The molecule has 26 heavy (non-hydrogen) atoms. The first kappa shape index (κ1) is 24.1. The van der Waals surface area contributed by atoms with Crippen LogP contribution in [0.1, 0.15) is 58.3 Å². The van der Waals surface area contributed by atoms with Gasteiger partial charge in [0, 0.05) is 6.42 Å². The van der Waals surface area contributed by atoms with Gasteiger partial charge >= 0.3 is 5.97 Å². The summed E-state index contributed by atoms with van der Waals surface area (Å²) in [7, 11) is 0. The standard InChI is InChI=1S/C22H34O4/c1-2-3-14-17-20(23)21(24)18-15-12-10-8-6-4-5-7-9-11-13-16-19-22(25)26/h3,5-8,10,12,14-15,18,20-21,23-24H,2,4,9,11,13,16-17,19H2,1H3,(H,25,26)/b7-5-,8-6-,12-10+,14-3-,18-15+/t20-,21?/m0/s1. The third kappa shape index (κ3) is 16.9. The Morgan fingerprint density at radius 1 is 0.885 bits per heavy atom. The van der Waals surface area contributed by atoms with Crippen molar-refractivity contribution >= 4 is 5.97 Å². The fourth-order valence-electron chi connectivity index (χ4n) is 2.14. The molecule has 0 amide bonds. The number of hydrogen-bond acceptors (Lipinski definition) is 3. The van der Waals surface area contributed by atoms with Crippen LogP contribution >= 0.6 is 0 Å². The summed E-state index contributed by atoms with van der Waals surface area (Å²) in [5.41, 5.74) is 0. The Morgan fingerprint density at radius 3 is 2.38 bits per heavy atom. The van der Waals surface area contributed by atoms with E-state index < -0.39 is 18.2 Å². The van der Waals surface area contributed by atoms with Crippen LogP contribution in [0.15, 0.2) is 60.8 Å². The molecular weight excluding hydrogens is 328 g/mol. The van der Waals surface area contributed by atoms with E-state index in [9.17, 15) is 15.0 Å². The predicted octanol–water partition coefficient (Wildman–Crippen LogP) is 4.71. The van der Waals surface area contributed by atoms with E-state index in [4.69, 9.17) is 5.11 Å². The number of carboxylic acid groups (broad SMARTS) is 1. The average molecular weight is 363 g/mol. The van der Waals surface area contributed by atoms with Crippen LogP contribution in [0.2, 0.25) is 0 Å². The van der Waals surface area contributed by atoms with Gasteiger partial charge in [-0.3, -0.25) is 4.79 Å². The van der Waals surface area contributed by atoms with Gasteiger partial charge in [-0.05, 0) is 38.5 Å². The van der Waals surface area contributed by atoms with E-state index in [1.54, 1.807) is 12.2 Å². The summed E-state index contributed by atoms with van der Waals surface area (Å²) in [6, 6.07) is 0. The van der Waals surface area contributed by atoms with Gasteiger partial charge < -0.3 is 15.3 Å². The maximum absolute atomic E-state index is 10.4. The topological polar surface area (TPSA) is 77.8 Å². The SMILES string of the molecule is CC/C=C\C[C@H](O)C(O)/C=C/C=C/C=C\C/C=C\CCCCCC(=O)O. The number of carbonyl (C=O) groups is 1. The molecule has 4 nitrogen and oxygen atoms in total. The lowest BCUT2D eigenvalue weighted by Crippen LogP contribution is -2.22. The van der Waals surface area contributed by atoms with Crippen LogP contribution in [0.25, 0.3) is 0 Å². The number of carboxylic acids is 1. The summed E-state index contributed by atoms with van der Waals surface area (Å²) >= 11 is 0. The molecule has 1 unspecified atom stereocenters. The van der Waals surface area contributed by atoms with E-state index in [2.05, 4.69) is 12.2 Å². The number of rotatable bonds is 15. The van der Waals surface area contributed by atoms with Crippen molar-refractivity contribution in [2.75, 3.05) is 0 Å². The first-order valence-corrected chi connectivity index (χ1v) is 9.45. The molecule has 3 N–H and O–H groups in total. The Balaban J connectivity index is 3.75. The Bertz CT molecular complexity index is 486. The van der Waals surface area contributed by atoms with E-state index >= 15 is 0 Å². The van der Waals surface area contributed by atoms with Gasteiger partial charge in [0.1, 0.15) is 0 Å². The van der Waals surface area contributed by atoms with Crippen LogP contribution in [0, 0.1) is 0 Å². The zero-order valence-corrected chi connectivity index (χ0v) is 15.8. The predicted molar refractivity (Wildman–Crippen MR) is 108 cm³/mol. The molecule has 0 aromatic heterocycles. The maximum atomic E-state index is 10.4. The van der Waals surface area contributed by atoms with E-state index in [1.807, 2.05) is 43.4 Å². The molecule has 0 saturated heterocycles. The average Bonchev–Trinajstić information content (AvgIpc) is 2.61. The van der Waals surface area contributed by atoms with E-state index in [-0.39, 0.29) is 6.42 Å². The Morgan fingerprint density at radius 2 is 1.65 bits per heavy atom. The van der Waals surface area contributed by atoms with Crippen molar-refractivity contribution in [1.82, 2.24) is 0 Å². The summed E-state index contributed by atoms with van der Waals surface area (Å²) in [6.07, 6.45) is 23.7. The summed E-state index contributed by atoms with van der Waals surface area (Å²) in [5, 5.41) is 28.0. The number of aliphatic hydroxyl groups excluding tert-OH is 2. The number of allylic oxidation sites excluding steroid dienone is 8. The molecular formula is C22H34O4. The maximum Gasteiger partial charge on any atom is 0.303 e. The quantitative estimate of drug-likeness (QED) is 0.224. The molecule has 0 rings (SSSR count). The summed E-state index contributed by atoms with van der Waals surface area (Å²) in [6.45, 7) is 2.03. The third-order valence-corrected chi connectivity index (χ3v) is 3.65. The highest BCUT2D eigenvalue weighted by atomic mass is 16.4. The van der Waals surface area contributed by atoms with Gasteiger partial charge in [-0.2, -0.15) is 0 Å². The number of aliphatic carboxylic acids is 1. The largest absolute Gasteiger partial charge is 0.481 e. The van der Waals surface area contributed by atoms with Crippen molar-refractivity contribution in [3.05, 3.63) is 60.8 Å². The van der Waals surface area contributed by atoms with Gasteiger partial charge in [-0.15, -0.1) is 0 Å². The van der Waals surface area contributed by atoms with Crippen LogP contribution in [0.5, 0.6) is 0 Å². The highest BCUT2D eigenvalue weighted by Crippen LogP contribution is 2.04. The molecule has 0 aliphatic rings. The molecule has 0 spiro atoms. The summed E-state index contributed by atoms with van der Waals surface area (Å²) in [4.78, 5) is 10.4. The van der Waals surface area contributed by atoms with E-state index in [0.29, 0.717) is 6.42 Å². The van der Waals surface area contributed by atoms with Crippen LogP contribution in [-0.4, -0.2) is 33.5 Å². The van der Waals surface area contributed by atoms with Gasteiger partial charge in [0.2, 0.25) is 0 Å². The van der Waals surface area contributed by atoms with Crippen molar-refractivity contribution in [3.8, 4) is 0 Å². The lowest BCUT2D eigenvalue weighted by atomic mass is 10.1. The van der Waals surface area contributed by atoms with Gasteiger partial charge in [0.15, 0.2) is 0 Å². The van der Waals surface area contributed by atoms with Crippen LogP contribution in [0.3, 0.4) is 0 Å². The van der Waals surface area contributed by atoms with Gasteiger partial charge in [-0.25, -0.2) is 0 Å². The van der Waals surface area contributed by atoms with Crippen molar-refractivity contribution in [2.45, 2.75) is 70.5 Å². The fraction of sp³-hybridized carbons (Fsp3) is 0.500. The Hall–Kier alpha value is -1.91. The minimum atomic E-state index is -0.858. The monoisotopic (exact) mass is 362 g/mol. The Kier molecular flexibility index (Phi) is 16.6. The molecule has 0 aliphatic carbocycles. The van der Waals surface area contributed by atoms with Crippen molar-refractivity contribution in [1.29, 1.82) is 0 Å². The zero-order chi connectivity index (χ0) is 19.5. The summed E-state index contributed by atoms with van der Waals surface area (Å²) < 4.78 is 0. The number of aliphatic hydroxyl groups is 2. The highest BCUT2D eigenvalue weighted by Gasteiger charge is 2.10. The molecule has 0 saturated carbocycles. The van der Waals surface area contributed by atoms with Crippen LogP contribution < -0.4 is 0 Å².